The summed E-state index contributed by atoms with van der Waals surface area (Å²) in [5, 5.41) is 4.72. The summed E-state index contributed by atoms with van der Waals surface area (Å²) in [7, 11) is 0. The Morgan fingerprint density at radius 3 is 2.22 bits per heavy atom. The van der Waals surface area contributed by atoms with Crippen LogP contribution in [-0.2, 0) is 0 Å². The van der Waals surface area contributed by atoms with Crippen molar-refractivity contribution in [2.24, 2.45) is 0 Å². The Bertz CT molecular complexity index is 506. The van der Waals surface area contributed by atoms with Gasteiger partial charge in [0.1, 0.15) is 0 Å². The van der Waals surface area contributed by atoms with Crippen molar-refractivity contribution in [2.75, 3.05) is 6.54 Å². The lowest BCUT2D eigenvalue weighted by Crippen LogP contribution is -2.13. The maximum Gasteiger partial charge on any atom is 0.0792 e. The van der Waals surface area contributed by atoms with Gasteiger partial charge in [-0.05, 0) is 16.7 Å². The van der Waals surface area contributed by atoms with Gasteiger partial charge in [-0.25, -0.2) is 0 Å². The molecular formula is C16H17NS. The zero-order chi connectivity index (χ0) is 12.4. The van der Waals surface area contributed by atoms with Crippen LogP contribution >= 0.6 is 11.8 Å². The van der Waals surface area contributed by atoms with Gasteiger partial charge in [0.2, 0.25) is 0 Å². The lowest BCUT2D eigenvalue weighted by Gasteiger charge is -2.11. The number of benzene rings is 2. The van der Waals surface area contributed by atoms with Crippen LogP contribution in [0.15, 0.2) is 54.6 Å². The van der Waals surface area contributed by atoms with Gasteiger partial charge in [-0.15, -0.1) is 11.8 Å². The Morgan fingerprint density at radius 1 is 0.944 bits per heavy atom. The molecule has 1 aliphatic rings. The number of nitrogens with one attached hydrogen (secondary N) is 1. The maximum atomic E-state index is 3.54. The van der Waals surface area contributed by atoms with Gasteiger partial charge in [0.15, 0.2) is 0 Å². The summed E-state index contributed by atoms with van der Waals surface area (Å²) in [5.41, 5.74) is 3.95. The zero-order valence-corrected chi connectivity index (χ0v) is 11.3. The second-order valence-corrected chi connectivity index (χ2v) is 6.27. The monoisotopic (exact) mass is 255 g/mol. The first-order chi connectivity index (χ1) is 8.83. The zero-order valence-electron chi connectivity index (χ0n) is 10.5. The molecule has 0 aliphatic carbocycles. The van der Waals surface area contributed by atoms with E-state index in [0.717, 1.165) is 6.54 Å². The van der Waals surface area contributed by atoms with Gasteiger partial charge in [0.25, 0.3) is 0 Å². The van der Waals surface area contributed by atoms with Gasteiger partial charge < -0.3 is 5.32 Å². The fourth-order valence-electron chi connectivity index (χ4n) is 2.28. The third-order valence-corrected chi connectivity index (χ3v) is 4.62. The molecule has 1 nitrogen and oxygen atoms in total. The summed E-state index contributed by atoms with van der Waals surface area (Å²) < 4.78 is 0. The van der Waals surface area contributed by atoms with E-state index in [9.17, 15) is 0 Å². The molecule has 0 saturated carbocycles. The van der Waals surface area contributed by atoms with Crippen LogP contribution < -0.4 is 5.32 Å². The van der Waals surface area contributed by atoms with Crippen molar-refractivity contribution in [1.82, 2.24) is 5.32 Å². The molecule has 0 radical (unpaired) electrons. The van der Waals surface area contributed by atoms with E-state index < -0.39 is 0 Å². The third kappa shape index (κ3) is 2.45. The van der Waals surface area contributed by atoms with E-state index in [1.807, 2.05) is 11.8 Å². The molecule has 1 aliphatic heterocycles. The minimum Gasteiger partial charge on any atom is -0.301 e. The molecule has 2 aromatic carbocycles. The second kappa shape index (κ2) is 5.17. The molecular weight excluding hydrogens is 238 g/mol. The van der Waals surface area contributed by atoms with E-state index in [1.165, 1.54) is 16.7 Å². The van der Waals surface area contributed by atoms with Crippen LogP contribution in [0.2, 0.25) is 0 Å². The highest BCUT2D eigenvalue weighted by Crippen LogP contribution is 2.35. The molecule has 2 unspecified atom stereocenters. The first-order valence-electron chi connectivity index (χ1n) is 6.37. The van der Waals surface area contributed by atoms with Crippen molar-refractivity contribution in [3.8, 4) is 11.1 Å². The fourth-order valence-corrected chi connectivity index (χ4v) is 3.44. The Morgan fingerprint density at radius 2 is 1.61 bits per heavy atom. The lowest BCUT2D eigenvalue weighted by atomic mass is 10.0. The van der Waals surface area contributed by atoms with Crippen LogP contribution in [0, 0.1) is 0 Å². The van der Waals surface area contributed by atoms with Gasteiger partial charge in [0, 0.05) is 11.8 Å². The highest BCUT2D eigenvalue weighted by atomic mass is 32.2. The summed E-state index contributed by atoms with van der Waals surface area (Å²) in [6.07, 6.45) is 0. The predicted molar refractivity (Wildman–Crippen MR) is 79.7 cm³/mol. The van der Waals surface area contributed by atoms with Gasteiger partial charge in [0.05, 0.1) is 5.37 Å². The molecule has 2 heteroatoms. The van der Waals surface area contributed by atoms with Crippen molar-refractivity contribution in [2.45, 2.75) is 17.5 Å². The van der Waals surface area contributed by atoms with Crippen molar-refractivity contribution in [3.63, 3.8) is 0 Å². The Balaban J connectivity index is 1.81. The van der Waals surface area contributed by atoms with E-state index in [2.05, 4.69) is 66.8 Å². The molecule has 0 aromatic heterocycles. The molecule has 1 saturated heterocycles. The van der Waals surface area contributed by atoms with Crippen LogP contribution in [0.25, 0.3) is 11.1 Å². The Labute approximate surface area is 113 Å². The molecule has 0 spiro atoms. The average Bonchev–Trinajstić information content (AvgIpc) is 2.87. The highest BCUT2D eigenvalue weighted by molar-refractivity contribution is 8.00. The predicted octanol–water partition coefficient (Wildman–Crippen LogP) is 4.08. The first kappa shape index (κ1) is 11.8. The molecule has 0 bridgehead atoms. The topological polar surface area (TPSA) is 12.0 Å². The number of thioether (sulfide) groups is 1. The lowest BCUT2D eigenvalue weighted by molar-refractivity contribution is 0.718. The average molecular weight is 255 g/mol. The van der Waals surface area contributed by atoms with Crippen LogP contribution in [0.5, 0.6) is 0 Å². The third-order valence-electron chi connectivity index (χ3n) is 3.28. The van der Waals surface area contributed by atoms with E-state index >= 15 is 0 Å². The second-order valence-electron chi connectivity index (χ2n) is 4.72. The van der Waals surface area contributed by atoms with Gasteiger partial charge in [-0.1, -0.05) is 61.5 Å². The van der Waals surface area contributed by atoms with Crippen molar-refractivity contribution in [3.05, 3.63) is 60.2 Å². The standard InChI is InChI=1S/C16H17NS/c1-12-11-17-16(18-12)15-9-7-14(8-10-15)13-5-3-2-4-6-13/h2-10,12,16-17H,11H2,1H3. The summed E-state index contributed by atoms with van der Waals surface area (Å²) >= 11 is 2.01. The minimum absolute atomic E-state index is 0.463. The first-order valence-corrected chi connectivity index (χ1v) is 7.31. The minimum atomic E-state index is 0.463. The largest absolute Gasteiger partial charge is 0.301 e. The molecule has 3 rings (SSSR count). The summed E-state index contributed by atoms with van der Waals surface area (Å²) in [4.78, 5) is 0. The summed E-state index contributed by atoms with van der Waals surface area (Å²) in [5.74, 6) is 0. The molecule has 1 heterocycles. The van der Waals surface area contributed by atoms with E-state index in [1.54, 1.807) is 0 Å². The molecule has 92 valence electrons. The fraction of sp³-hybridized carbons (Fsp3) is 0.250. The smallest absolute Gasteiger partial charge is 0.0792 e. The van der Waals surface area contributed by atoms with E-state index in [-0.39, 0.29) is 0 Å². The van der Waals surface area contributed by atoms with E-state index in [0.29, 0.717) is 10.6 Å². The molecule has 18 heavy (non-hydrogen) atoms. The summed E-state index contributed by atoms with van der Waals surface area (Å²) in [6.45, 7) is 3.38. The Kier molecular flexibility index (Phi) is 3.39. The van der Waals surface area contributed by atoms with Crippen molar-refractivity contribution >= 4 is 11.8 Å². The van der Waals surface area contributed by atoms with Crippen molar-refractivity contribution < 1.29 is 0 Å². The highest BCUT2D eigenvalue weighted by Gasteiger charge is 2.22. The van der Waals surface area contributed by atoms with Gasteiger partial charge in [-0.3, -0.25) is 0 Å². The maximum absolute atomic E-state index is 3.54. The van der Waals surface area contributed by atoms with Gasteiger partial charge >= 0.3 is 0 Å². The van der Waals surface area contributed by atoms with Crippen LogP contribution in [0.1, 0.15) is 17.9 Å². The van der Waals surface area contributed by atoms with Crippen LogP contribution in [0.4, 0.5) is 0 Å². The number of hydrogen-bond donors (Lipinski definition) is 1. The normalized spacial score (nSPS) is 23.2. The van der Waals surface area contributed by atoms with Crippen LogP contribution in [0.3, 0.4) is 0 Å². The van der Waals surface area contributed by atoms with Crippen molar-refractivity contribution in [1.29, 1.82) is 0 Å². The number of hydrogen-bond acceptors (Lipinski definition) is 2. The molecule has 1 fully saturated rings. The van der Waals surface area contributed by atoms with Gasteiger partial charge in [-0.2, -0.15) is 0 Å². The quantitative estimate of drug-likeness (QED) is 0.868. The molecule has 2 aromatic rings. The number of rotatable bonds is 2. The van der Waals surface area contributed by atoms with Crippen LogP contribution in [-0.4, -0.2) is 11.8 Å². The molecule has 1 N–H and O–H groups in total. The Hall–Kier alpha value is -1.25. The SMILES string of the molecule is CC1CNC(c2ccc(-c3ccccc3)cc2)S1. The molecule has 0 amide bonds. The molecule has 2 atom stereocenters. The summed E-state index contributed by atoms with van der Waals surface area (Å²) in [6, 6.07) is 19.4. The van der Waals surface area contributed by atoms with E-state index in [4.69, 9.17) is 0 Å².